The van der Waals surface area contributed by atoms with E-state index in [0.717, 1.165) is 6.26 Å². The zero-order valence-corrected chi connectivity index (χ0v) is 8.28. The quantitative estimate of drug-likeness (QED) is 0.785. The number of aromatic nitrogens is 1. The van der Waals surface area contributed by atoms with Gasteiger partial charge in [0.2, 0.25) is 0 Å². The number of pyridine rings is 1. The van der Waals surface area contributed by atoms with Gasteiger partial charge in [-0.1, -0.05) is 0 Å². The van der Waals surface area contributed by atoms with Crippen molar-refractivity contribution in [2.45, 2.75) is 5.75 Å². The summed E-state index contributed by atoms with van der Waals surface area (Å²) in [5.41, 5.74) is 0.283. The fourth-order valence-electron chi connectivity index (χ4n) is 0.959. The third-order valence-electron chi connectivity index (χ3n) is 1.47. The van der Waals surface area contributed by atoms with Crippen LogP contribution in [0.15, 0.2) is 18.3 Å². The molecule has 0 saturated carbocycles. The first-order valence-electron chi connectivity index (χ1n) is 3.74. The number of carbonyl (C=O) groups is 1. The van der Waals surface area contributed by atoms with Crippen molar-refractivity contribution in [1.82, 2.24) is 4.98 Å². The summed E-state index contributed by atoms with van der Waals surface area (Å²) in [6.07, 6.45) is 2.35. The Bertz CT molecular complexity index is 452. The molecule has 0 saturated heterocycles. The summed E-state index contributed by atoms with van der Waals surface area (Å²) in [7, 11) is -3.18. The molecule has 1 heterocycles. The first kappa shape index (κ1) is 10.6. The van der Waals surface area contributed by atoms with Gasteiger partial charge in [-0.3, -0.25) is 4.98 Å². The Morgan fingerprint density at radius 2 is 2.21 bits per heavy atom. The van der Waals surface area contributed by atoms with E-state index < -0.39 is 15.8 Å². The molecule has 0 atom stereocenters. The zero-order chi connectivity index (χ0) is 10.8. The molecule has 0 aromatic carbocycles. The Kier molecular flexibility index (Phi) is 2.85. The molecule has 1 rings (SSSR count). The third-order valence-corrected chi connectivity index (χ3v) is 2.29. The Morgan fingerprint density at radius 3 is 2.71 bits per heavy atom. The molecule has 0 radical (unpaired) electrons. The molecule has 0 aliphatic carbocycles. The number of aromatic carboxylic acids is 1. The van der Waals surface area contributed by atoms with Gasteiger partial charge in [-0.15, -0.1) is 0 Å². The predicted molar refractivity (Wildman–Crippen MR) is 49.7 cm³/mol. The number of carboxylic acids is 1. The highest BCUT2D eigenvalue weighted by Crippen LogP contribution is 2.05. The lowest BCUT2D eigenvalue weighted by atomic mass is 10.2. The summed E-state index contributed by atoms with van der Waals surface area (Å²) in [5.74, 6) is -1.34. The molecular weight excluding hydrogens is 206 g/mol. The van der Waals surface area contributed by atoms with Crippen molar-refractivity contribution in [2.75, 3.05) is 6.26 Å². The molecule has 0 unspecified atom stereocenters. The molecule has 1 aromatic heterocycles. The number of nitrogens with zero attached hydrogens (tertiary/aromatic N) is 1. The molecule has 1 N–H and O–H groups in total. The molecule has 14 heavy (non-hydrogen) atoms. The van der Waals surface area contributed by atoms with Gasteiger partial charge in [0.15, 0.2) is 9.84 Å². The van der Waals surface area contributed by atoms with Crippen LogP contribution in [0.3, 0.4) is 0 Å². The van der Waals surface area contributed by atoms with Crippen molar-refractivity contribution in [3.63, 3.8) is 0 Å². The van der Waals surface area contributed by atoms with Crippen molar-refractivity contribution >= 4 is 15.8 Å². The molecule has 76 valence electrons. The van der Waals surface area contributed by atoms with Gasteiger partial charge in [0.25, 0.3) is 0 Å². The van der Waals surface area contributed by atoms with E-state index in [1.165, 1.54) is 18.3 Å². The van der Waals surface area contributed by atoms with Crippen LogP contribution in [0.2, 0.25) is 0 Å². The average Bonchev–Trinajstić information content (AvgIpc) is 2.01. The van der Waals surface area contributed by atoms with E-state index in [9.17, 15) is 13.2 Å². The van der Waals surface area contributed by atoms with Crippen LogP contribution in [-0.2, 0) is 15.6 Å². The summed E-state index contributed by atoms with van der Waals surface area (Å²) in [4.78, 5) is 14.3. The molecule has 5 nitrogen and oxygen atoms in total. The molecule has 0 aliphatic rings. The minimum Gasteiger partial charge on any atom is -0.478 e. The first-order valence-corrected chi connectivity index (χ1v) is 5.80. The monoisotopic (exact) mass is 215 g/mol. The van der Waals surface area contributed by atoms with Gasteiger partial charge in [0, 0.05) is 12.5 Å². The second kappa shape index (κ2) is 3.75. The van der Waals surface area contributed by atoms with Crippen LogP contribution in [0.25, 0.3) is 0 Å². The van der Waals surface area contributed by atoms with E-state index in [-0.39, 0.29) is 17.0 Å². The minimum atomic E-state index is -3.18. The number of carboxylic acid groups (broad SMARTS) is 1. The van der Waals surface area contributed by atoms with Crippen LogP contribution in [0.4, 0.5) is 0 Å². The predicted octanol–water partition coefficient (Wildman–Crippen LogP) is 0.324. The van der Waals surface area contributed by atoms with Crippen LogP contribution in [0.1, 0.15) is 16.1 Å². The lowest BCUT2D eigenvalue weighted by molar-refractivity contribution is 0.0696. The van der Waals surface area contributed by atoms with Gasteiger partial charge < -0.3 is 5.11 Å². The Morgan fingerprint density at radius 1 is 1.57 bits per heavy atom. The van der Waals surface area contributed by atoms with Gasteiger partial charge in [-0.25, -0.2) is 13.2 Å². The molecule has 6 heteroatoms. The van der Waals surface area contributed by atoms with E-state index in [1.807, 2.05) is 0 Å². The Balaban J connectivity index is 3.01. The summed E-state index contributed by atoms with van der Waals surface area (Å²) >= 11 is 0. The summed E-state index contributed by atoms with van der Waals surface area (Å²) in [6.45, 7) is 0. The summed E-state index contributed by atoms with van der Waals surface area (Å²) in [5, 5.41) is 8.63. The van der Waals surface area contributed by atoms with Crippen molar-refractivity contribution in [3.05, 3.63) is 29.6 Å². The van der Waals surface area contributed by atoms with Gasteiger partial charge in [0.05, 0.1) is 17.0 Å². The fourth-order valence-corrected chi connectivity index (χ4v) is 1.65. The van der Waals surface area contributed by atoms with Crippen LogP contribution < -0.4 is 0 Å². The van der Waals surface area contributed by atoms with Gasteiger partial charge >= 0.3 is 5.97 Å². The smallest absolute Gasteiger partial charge is 0.335 e. The van der Waals surface area contributed by atoms with Crippen molar-refractivity contribution < 1.29 is 18.3 Å². The lowest BCUT2D eigenvalue weighted by Gasteiger charge is -1.99. The first-order chi connectivity index (χ1) is 6.38. The lowest BCUT2D eigenvalue weighted by Crippen LogP contribution is -2.05. The molecular formula is C8H9NO4S. The van der Waals surface area contributed by atoms with Crippen molar-refractivity contribution in [3.8, 4) is 0 Å². The topological polar surface area (TPSA) is 84.3 Å². The Labute approximate surface area is 81.3 Å². The third kappa shape index (κ3) is 3.14. The normalized spacial score (nSPS) is 11.2. The maximum atomic E-state index is 10.9. The zero-order valence-electron chi connectivity index (χ0n) is 7.47. The summed E-state index contributed by atoms with van der Waals surface area (Å²) < 4.78 is 21.8. The molecule has 0 fully saturated rings. The number of hydrogen-bond acceptors (Lipinski definition) is 4. The van der Waals surface area contributed by atoms with Gasteiger partial charge in [-0.2, -0.15) is 0 Å². The maximum absolute atomic E-state index is 10.9. The molecule has 0 bridgehead atoms. The second-order valence-electron chi connectivity index (χ2n) is 2.91. The van der Waals surface area contributed by atoms with Gasteiger partial charge in [0.1, 0.15) is 0 Å². The SMILES string of the molecule is CS(=O)(=O)Cc1cc(C(=O)O)ccn1. The Hall–Kier alpha value is -1.43. The highest BCUT2D eigenvalue weighted by atomic mass is 32.2. The standard InChI is InChI=1S/C8H9NO4S/c1-14(12,13)5-7-4-6(8(10)11)2-3-9-7/h2-4H,5H2,1H3,(H,10,11). The number of rotatable bonds is 3. The maximum Gasteiger partial charge on any atom is 0.335 e. The van der Waals surface area contributed by atoms with Gasteiger partial charge in [-0.05, 0) is 12.1 Å². The van der Waals surface area contributed by atoms with Crippen molar-refractivity contribution in [2.24, 2.45) is 0 Å². The second-order valence-corrected chi connectivity index (χ2v) is 5.05. The van der Waals surface area contributed by atoms with E-state index in [4.69, 9.17) is 5.11 Å². The van der Waals surface area contributed by atoms with Crippen LogP contribution in [-0.4, -0.2) is 30.7 Å². The van der Waals surface area contributed by atoms with E-state index in [1.54, 1.807) is 0 Å². The molecule has 1 aromatic rings. The molecule has 0 amide bonds. The fraction of sp³-hybridized carbons (Fsp3) is 0.250. The van der Waals surface area contributed by atoms with E-state index in [2.05, 4.69) is 4.98 Å². The average molecular weight is 215 g/mol. The number of hydrogen-bond donors (Lipinski definition) is 1. The van der Waals surface area contributed by atoms with Crippen LogP contribution in [0.5, 0.6) is 0 Å². The molecule has 0 aliphatic heterocycles. The minimum absolute atomic E-state index is 0.0404. The van der Waals surface area contributed by atoms with E-state index in [0.29, 0.717) is 0 Å². The van der Waals surface area contributed by atoms with Crippen LogP contribution >= 0.6 is 0 Å². The van der Waals surface area contributed by atoms with Crippen molar-refractivity contribution in [1.29, 1.82) is 0 Å². The van der Waals surface area contributed by atoms with E-state index >= 15 is 0 Å². The number of sulfone groups is 1. The highest BCUT2D eigenvalue weighted by molar-refractivity contribution is 7.89. The largest absolute Gasteiger partial charge is 0.478 e. The summed E-state index contributed by atoms with van der Waals surface area (Å²) in [6, 6.07) is 2.57. The highest BCUT2D eigenvalue weighted by Gasteiger charge is 2.08. The van der Waals surface area contributed by atoms with Crippen LogP contribution in [0, 0.1) is 0 Å². The molecule has 0 spiro atoms.